The SMILES string of the molecule is COc1ccc(CN2C(=O)C(=O)/C(=C(\O)c3ccc(OC)cc3OC)C2c2cccs2)cc1. The number of hydrogen-bond acceptors (Lipinski definition) is 7. The molecule has 170 valence electrons. The van der Waals surface area contributed by atoms with Crippen molar-refractivity contribution in [1.82, 2.24) is 4.90 Å². The fourth-order valence-corrected chi connectivity index (χ4v) is 4.70. The number of aliphatic hydroxyl groups is 1. The van der Waals surface area contributed by atoms with Gasteiger partial charge in [0.2, 0.25) is 0 Å². The third-order valence-corrected chi connectivity index (χ3v) is 6.45. The Morgan fingerprint density at radius 2 is 1.67 bits per heavy atom. The molecule has 3 aromatic rings. The van der Waals surface area contributed by atoms with Crippen molar-refractivity contribution in [3.05, 3.63) is 81.6 Å². The summed E-state index contributed by atoms with van der Waals surface area (Å²) >= 11 is 1.41. The molecule has 0 radical (unpaired) electrons. The van der Waals surface area contributed by atoms with Crippen LogP contribution in [0, 0.1) is 0 Å². The van der Waals surface area contributed by atoms with E-state index < -0.39 is 17.7 Å². The van der Waals surface area contributed by atoms with E-state index in [4.69, 9.17) is 14.2 Å². The lowest BCUT2D eigenvalue weighted by molar-refractivity contribution is -0.140. The molecule has 2 heterocycles. The van der Waals surface area contributed by atoms with Crippen molar-refractivity contribution in [2.75, 3.05) is 21.3 Å². The summed E-state index contributed by atoms with van der Waals surface area (Å²) < 4.78 is 15.8. The van der Waals surface area contributed by atoms with Crippen LogP contribution >= 0.6 is 11.3 Å². The number of methoxy groups -OCH3 is 3. The summed E-state index contributed by atoms with van der Waals surface area (Å²) in [4.78, 5) is 28.5. The maximum atomic E-state index is 13.2. The van der Waals surface area contributed by atoms with Gasteiger partial charge in [-0.05, 0) is 41.3 Å². The summed E-state index contributed by atoms with van der Waals surface area (Å²) in [6, 6.07) is 15.1. The van der Waals surface area contributed by atoms with Gasteiger partial charge in [0, 0.05) is 17.5 Å². The minimum atomic E-state index is -0.739. The Morgan fingerprint density at radius 1 is 0.970 bits per heavy atom. The first kappa shape index (κ1) is 22.4. The van der Waals surface area contributed by atoms with Gasteiger partial charge in [0.1, 0.15) is 23.0 Å². The Balaban J connectivity index is 1.82. The molecule has 1 aliphatic heterocycles. The Labute approximate surface area is 195 Å². The van der Waals surface area contributed by atoms with Crippen molar-refractivity contribution < 1.29 is 28.9 Å². The molecule has 0 bridgehead atoms. The summed E-state index contributed by atoms with van der Waals surface area (Å²) in [7, 11) is 4.57. The Kier molecular flexibility index (Phi) is 6.37. The van der Waals surface area contributed by atoms with Crippen LogP contribution in [0.2, 0.25) is 0 Å². The number of amides is 1. The lowest BCUT2D eigenvalue weighted by atomic mass is 9.99. The first-order valence-electron chi connectivity index (χ1n) is 10.2. The highest BCUT2D eigenvalue weighted by atomic mass is 32.1. The van der Waals surface area contributed by atoms with E-state index in [9.17, 15) is 14.7 Å². The van der Waals surface area contributed by atoms with Crippen molar-refractivity contribution >= 4 is 28.8 Å². The van der Waals surface area contributed by atoms with Gasteiger partial charge in [-0.15, -0.1) is 11.3 Å². The number of hydrogen-bond donors (Lipinski definition) is 1. The zero-order valence-corrected chi connectivity index (χ0v) is 19.2. The second-order valence-corrected chi connectivity index (χ2v) is 8.34. The minimum Gasteiger partial charge on any atom is -0.507 e. The van der Waals surface area contributed by atoms with Gasteiger partial charge in [-0.1, -0.05) is 18.2 Å². The van der Waals surface area contributed by atoms with E-state index >= 15 is 0 Å². The molecule has 0 saturated carbocycles. The number of carbonyl (C=O) groups is 2. The molecule has 4 rings (SSSR count). The van der Waals surface area contributed by atoms with Crippen LogP contribution in [0.1, 0.15) is 22.0 Å². The predicted molar refractivity (Wildman–Crippen MR) is 125 cm³/mol. The molecule has 1 saturated heterocycles. The molecule has 1 N–H and O–H groups in total. The molecule has 7 nitrogen and oxygen atoms in total. The number of nitrogens with zero attached hydrogens (tertiary/aromatic N) is 1. The van der Waals surface area contributed by atoms with Crippen LogP contribution in [0.5, 0.6) is 17.2 Å². The standard InChI is InChI=1S/C25H23NO6S/c1-30-16-8-6-15(7-9-16)14-26-22(20-5-4-12-33-20)21(24(28)25(26)29)23(27)18-11-10-17(31-2)13-19(18)32-3/h4-13,22,27H,14H2,1-3H3/b23-21-. The molecular weight excluding hydrogens is 442 g/mol. The summed E-state index contributed by atoms with van der Waals surface area (Å²) in [5, 5.41) is 13.1. The summed E-state index contributed by atoms with van der Waals surface area (Å²) in [5.41, 5.74) is 1.17. The molecule has 1 aliphatic rings. The van der Waals surface area contributed by atoms with Crippen LogP contribution in [0.3, 0.4) is 0 Å². The zero-order valence-electron chi connectivity index (χ0n) is 18.4. The summed E-state index contributed by atoms with van der Waals surface area (Å²) in [6.07, 6.45) is 0. The monoisotopic (exact) mass is 465 g/mol. The Hall–Kier alpha value is -3.78. The predicted octanol–water partition coefficient (Wildman–Crippen LogP) is 4.40. The van der Waals surface area contributed by atoms with Gasteiger partial charge >= 0.3 is 0 Å². The quantitative estimate of drug-likeness (QED) is 0.316. The fourth-order valence-electron chi connectivity index (χ4n) is 3.85. The zero-order chi connectivity index (χ0) is 23.5. The van der Waals surface area contributed by atoms with Crippen LogP contribution in [-0.2, 0) is 16.1 Å². The van der Waals surface area contributed by atoms with E-state index in [1.54, 1.807) is 37.4 Å². The number of thiophene rings is 1. The molecule has 0 aliphatic carbocycles. The molecular formula is C25H23NO6S. The molecule has 1 amide bonds. The highest BCUT2D eigenvalue weighted by Gasteiger charge is 2.46. The Morgan fingerprint density at radius 3 is 2.27 bits per heavy atom. The van der Waals surface area contributed by atoms with E-state index in [-0.39, 0.29) is 17.9 Å². The van der Waals surface area contributed by atoms with Gasteiger partial charge in [0.25, 0.3) is 11.7 Å². The van der Waals surface area contributed by atoms with Gasteiger partial charge in [-0.25, -0.2) is 0 Å². The number of ketones is 1. The average Bonchev–Trinajstić information content (AvgIpc) is 3.46. The van der Waals surface area contributed by atoms with E-state index in [0.717, 1.165) is 10.4 Å². The topological polar surface area (TPSA) is 85.3 Å². The van der Waals surface area contributed by atoms with Gasteiger partial charge in [-0.2, -0.15) is 0 Å². The maximum absolute atomic E-state index is 13.2. The molecule has 2 aromatic carbocycles. The second-order valence-electron chi connectivity index (χ2n) is 7.36. The highest BCUT2D eigenvalue weighted by molar-refractivity contribution is 7.10. The lowest BCUT2D eigenvalue weighted by Crippen LogP contribution is -2.28. The van der Waals surface area contributed by atoms with Crippen molar-refractivity contribution in [3.8, 4) is 17.2 Å². The number of likely N-dealkylation sites (tertiary alicyclic amines) is 1. The van der Waals surface area contributed by atoms with Crippen LogP contribution in [0.4, 0.5) is 0 Å². The largest absolute Gasteiger partial charge is 0.507 e. The molecule has 1 atom stereocenters. The molecule has 0 spiro atoms. The van der Waals surface area contributed by atoms with Gasteiger partial charge < -0.3 is 24.2 Å². The second kappa shape index (κ2) is 9.38. The number of benzene rings is 2. The van der Waals surface area contributed by atoms with Crippen LogP contribution in [0.15, 0.2) is 65.6 Å². The number of rotatable bonds is 7. The highest BCUT2D eigenvalue weighted by Crippen LogP contribution is 2.43. The minimum absolute atomic E-state index is 0.0272. The number of ether oxygens (including phenoxy) is 3. The van der Waals surface area contributed by atoms with Crippen molar-refractivity contribution in [2.45, 2.75) is 12.6 Å². The summed E-state index contributed by atoms with van der Waals surface area (Å²) in [5.74, 6) is -0.127. The van der Waals surface area contributed by atoms with Gasteiger partial charge in [-0.3, -0.25) is 9.59 Å². The van der Waals surface area contributed by atoms with E-state index in [2.05, 4.69) is 0 Å². The smallest absolute Gasteiger partial charge is 0.295 e. The molecule has 1 aromatic heterocycles. The van der Waals surface area contributed by atoms with E-state index in [1.807, 2.05) is 29.6 Å². The number of aliphatic hydroxyl groups excluding tert-OH is 1. The van der Waals surface area contributed by atoms with Crippen LogP contribution < -0.4 is 14.2 Å². The molecule has 1 fully saturated rings. The maximum Gasteiger partial charge on any atom is 0.295 e. The first-order chi connectivity index (χ1) is 16.0. The van der Waals surface area contributed by atoms with E-state index in [0.29, 0.717) is 22.8 Å². The third-order valence-electron chi connectivity index (χ3n) is 5.53. The van der Waals surface area contributed by atoms with E-state index in [1.165, 1.54) is 30.5 Å². The number of Topliss-reactive ketones (excluding diaryl/α,β-unsaturated/α-hetero) is 1. The molecule has 1 unspecified atom stereocenters. The van der Waals surface area contributed by atoms with Gasteiger partial charge in [0.05, 0.1) is 38.5 Å². The molecule has 33 heavy (non-hydrogen) atoms. The third kappa shape index (κ3) is 4.17. The summed E-state index contributed by atoms with van der Waals surface area (Å²) in [6.45, 7) is 0.202. The first-order valence-corrected chi connectivity index (χ1v) is 11.0. The van der Waals surface area contributed by atoms with Crippen LogP contribution in [0.25, 0.3) is 5.76 Å². The van der Waals surface area contributed by atoms with Gasteiger partial charge in [0.15, 0.2) is 0 Å². The Bertz CT molecular complexity index is 1200. The van der Waals surface area contributed by atoms with Crippen molar-refractivity contribution in [3.63, 3.8) is 0 Å². The number of carbonyl (C=O) groups excluding carboxylic acids is 2. The van der Waals surface area contributed by atoms with Crippen molar-refractivity contribution in [1.29, 1.82) is 0 Å². The molecule has 8 heteroatoms. The normalized spacial score (nSPS) is 17.3. The lowest BCUT2D eigenvalue weighted by Gasteiger charge is -2.24. The van der Waals surface area contributed by atoms with Crippen molar-refractivity contribution in [2.24, 2.45) is 0 Å². The fraction of sp³-hybridized carbons (Fsp3) is 0.200. The average molecular weight is 466 g/mol. The van der Waals surface area contributed by atoms with Crippen LogP contribution in [-0.4, -0.2) is 43.0 Å².